The van der Waals surface area contributed by atoms with E-state index in [2.05, 4.69) is 0 Å². The molecule has 9 heteroatoms. The van der Waals surface area contributed by atoms with E-state index in [1.165, 1.54) is 0 Å². The molecule has 106 valence electrons. The number of hydrogen-bond acceptors (Lipinski definition) is 3. The fourth-order valence-electron chi connectivity index (χ4n) is 1.84. The molecule has 0 unspecified atom stereocenters. The van der Waals surface area contributed by atoms with Crippen LogP contribution in [0.15, 0.2) is 0 Å². The largest absolute Gasteiger partial charge is 0.481 e. The van der Waals surface area contributed by atoms with Crippen LogP contribution in [0.5, 0.6) is 0 Å². The van der Waals surface area contributed by atoms with Gasteiger partial charge in [-0.1, -0.05) is 6.92 Å². The Morgan fingerprint density at radius 2 is 1.94 bits per heavy atom. The van der Waals surface area contributed by atoms with Crippen molar-refractivity contribution in [3.05, 3.63) is 0 Å². The summed E-state index contributed by atoms with van der Waals surface area (Å²) in [6.07, 6.45) is -5.96. The predicted molar refractivity (Wildman–Crippen MR) is 56.3 cm³/mol. The summed E-state index contributed by atoms with van der Waals surface area (Å²) in [4.78, 5) is 10.8. The maximum absolute atomic E-state index is 12.0. The molecule has 1 rings (SSSR count). The lowest BCUT2D eigenvalue weighted by Crippen LogP contribution is -2.33. The van der Waals surface area contributed by atoms with E-state index in [1.807, 2.05) is 0 Å². The van der Waals surface area contributed by atoms with Crippen molar-refractivity contribution in [1.82, 2.24) is 4.31 Å². The second-order valence-electron chi connectivity index (χ2n) is 4.42. The highest BCUT2D eigenvalue weighted by Crippen LogP contribution is 2.27. The third-order valence-corrected chi connectivity index (χ3v) is 4.74. The van der Waals surface area contributed by atoms with Gasteiger partial charge in [0.25, 0.3) is 0 Å². The number of carboxylic acid groups (broad SMARTS) is 1. The first-order valence-electron chi connectivity index (χ1n) is 5.30. The van der Waals surface area contributed by atoms with Gasteiger partial charge in [0.15, 0.2) is 0 Å². The summed E-state index contributed by atoms with van der Waals surface area (Å²) >= 11 is 0. The summed E-state index contributed by atoms with van der Waals surface area (Å²) in [5.41, 5.74) is 0. The molecule has 1 N–H and O–H groups in total. The van der Waals surface area contributed by atoms with Gasteiger partial charge in [-0.25, -0.2) is 12.7 Å². The Morgan fingerprint density at radius 1 is 1.39 bits per heavy atom. The molecular weight excluding hydrogens is 275 g/mol. The van der Waals surface area contributed by atoms with Gasteiger partial charge in [0.2, 0.25) is 10.0 Å². The first-order chi connectivity index (χ1) is 8.03. The monoisotopic (exact) mass is 289 g/mol. The van der Waals surface area contributed by atoms with Crippen LogP contribution in [0.3, 0.4) is 0 Å². The molecule has 0 spiro atoms. The first kappa shape index (κ1) is 15.2. The fraction of sp³-hybridized carbons (Fsp3) is 0.889. The van der Waals surface area contributed by atoms with E-state index >= 15 is 0 Å². The summed E-state index contributed by atoms with van der Waals surface area (Å²) in [7, 11) is -4.04. The van der Waals surface area contributed by atoms with Crippen molar-refractivity contribution in [2.75, 3.05) is 18.8 Å². The number of nitrogens with zero attached hydrogens (tertiary/aromatic N) is 1. The van der Waals surface area contributed by atoms with Crippen LogP contribution in [0.1, 0.15) is 13.3 Å². The Bertz CT molecular complexity index is 420. The highest BCUT2D eigenvalue weighted by Gasteiger charge is 2.41. The highest BCUT2D eigenvalue weighted by atomic mass is 32.2. The molecule has 0 saturated carbocycles. The van der Waals surface area contributed by atoms with Gasteiger partial charge in [-0.15, -0.1) is 0 Å². The van der Waals surface area contributed by atoms with Crippen molar-refractivity contribution in [1.29, 1.82) is 0 Å². The van der Waals surface area contributed by atoms with Gasteiger partial charge in [-0.05, 0) is 5.92 Å². The lowest BCUT2D eigenvalue weighted by molar-refractivity contribution is -0.142. The number of sulfonamides is 1. The summed E-state index contributed by atoms with van der Waals surface area (Å²) in [6.45, 7) is 1.27. The van der Waals surface area contributed by atoms with Crippen molar-refractivity contribution in [2.45, 2.75) is 19.5 Å². The average Bonchev–Trinajstić information content (AvgIpc) is 2.57. The first-order valence-corrected chi connectivity index (χ1v) is 6.91. The molecule has 0 aromatic carbocycles. The van der Waals surface area contributed by atoms with E-state index < -0.39 is 46.2 Å². The Labute approximate surface area is 103 Å². The van der Waals surface area contributed by atoms with Crippen molar-refractivity contribution < 1.29 is 31.5 Å². The standard InChI is InChI=1S/C9H14F3NO4S/c1-6-4-13(5-7(6)8(14)15)18(16,17)3-2-9(10,11)12/h6-7H,2-5H2,1H3,(H,14,15)/t6-,7-/m1/s1. The SMILES string of the molecule is C[C@@H]1CN(S(=O)(=O)CCC(F)(F)F)C[C@H]1C(=O)O. The predicted octanol–water partition coefficient (Wildman–Crippen LogP) is 0.921. The van der Waals surface area contributed by atoms with Crippen LogP contribution in [0.4, 0.5) is 13.2 Å². The molecule has 0 aromatic rings. The minimum atomic E-state index is -4.54. The number of aliphatic carboxylic acids is 1. The van der Waals surface area contributed by atoms with E-state index in [-0.39, 0.29) is 13.1 Å². The fourth-order valence-corrected chi connectivity index (χ4v) is 3.44. The van der Waals surface area contributed by atoms with Gasteiger partial charge >= 0.3 is 12.1 Å². The van der Waals surface area contributed by atoms with Gasteiger partial charge < -0.3 is 5.11 Å². The third-order valence-electron chi connectivity index (χ3n) is 2.93. The summed E-state index contributed by atoms with van der Waals surface area (Å²) < 4.78 is 60.0. The van der Waals surface area contributed by atoms with Crippen molar-refractivity contribution in [3.8, 4) is 0 Å². The van der Waals surface area contributed by atoms with E-state index in [9.17, 15) is 26.4 Å². The van der Waals surface area contributed by atoms with Crippen LogP contribution in [0, 0.1) is 11.8 Å². The molecule has 18 heavy (non-hydrogen) atoms. The molecule has 0 aliphatic carbocycles. The van der Waals surface area contributed by atoms with Crippen LogP contribution < -0.4 is 0 Å². The summed E-state index contributed by atoms with van der Waals surface area (Å²) in [5, 5.41) is 8.82. The molecule has 0 radical (unpaired) electrons. The van der Waals surface area contributed by atoms with E-state index in [0.717, 1.165) is 4.31 Å². The van der Waals surface area contributed by atoms with Crippen LogP contribution in [0.2, 0.25) is 0 Å². The number of halogens is 3. The Kier molecular flexibility index (Phi) is 4.26. The van der Waals surface area contributed by atoms with Crippen molar-refractivity contribution in [3.63, 3.8) is 0 Å². The van der Waals surface area contributed by atoms with Gasteiger partial charge in [0, 0.05) is 13.1 Å². The number of hydrogen-bond donors (Lipinski definition) is 1. The Morgan fingerprint density at radius 3 is 2.33 bits per heavy atom. The minimum Gasteiger partial charge on any atom is -0.481 e. The molecule has 0 amide bonds. The van der Waals surface area contributed by atoms with Crippen LogP contribution in [0.25, 0.3) is 0 Å². The number of alkyl halides is 3. The van der Waals surface area contributed by atoms with Crippen LogP contribution in [-0.2, 0) is 14.8 Å². The molecule has 0 bridgehead atoms. The zero-order valence-corrected chi connectivity index (χ0v) is 10.5. The minimum absolute atomic E-state index is 0.0445. The molecule has 5 nitrogen and oxygen atoms in total. The number of carboxylic acids is 1. The smallest absolute Gasteiger partial charge is 0.390 e. The van der Waals surface area contributed by atoms with Gasteiger partial charge in [-0.3, -0.25) is 4.79 Å². The topological polar surface area (TPSA) is 74.7 Å². The van der Waals surface area contributed by atoms with Gasteiger partial charge in [0.05, 0.1) is 18.1 Å². The molecule has 2 atom stereocenters. The summed E-state index contributed by atoms with van der Waals surface area (Å²) in [5.74, 6) is -3.42. The molecule has 1 heterocycles. The zero-order valence-electron chi connectivity index (χ0n) is 9.64. The Balaban J connectivity index is 2.68. The van der Waals surface area contributed by atoms with Crippen LogP contribution in [-0.4, -0.2) is 48.8 Å². The molecule has 1 aliphatic heterocycles. The van der Waals surface area contributed by atoms with E-state index in [4.69, 9.17) is 5.11 Å². The number of carbonyl (C=O) groups is 1. The lowest BCUT2D eigenvalue weighted by atomic mass is 9.99. The van der Waals surface area contributed by atoms with Crippen LogP contribution >= 0.6 is 0 Å². The maximum Gasteiger partial charge on any atom is 0.390 e. The average molecular weight is 289 g/mol. The highest BCUT2D eigenvalue weighted by molar-refractivity contribution is 7.89. The molecular formula is C9H14F3NO4S. The lowest BCUT2D eigenvalue weighted by Gasteiger charge is -2.16. The number of rotatable bonds is 4. The maximum atomic E-state index is 12.0. The van der Waals surface area contributed by atoms with Gasteiger partial charge in [0.1, 0.15) is 0 Å². The summed E-state index contributed by atoms with van der Waals surface area (Å²) in [6, 6.07) is 0. The van der Waals surface area contributed by atoms with E-state index in [1.54, 1.807) is 6.92 Å². The van der Waals surface area contributed by atoms with Crippen molar-refractivity contribution >= 4 is 16.0 Å². The second-order valence-corrected chi connectivity index (χ2v) is 6.51. The Hall–Kier alpha value is -0.830. The van der Waals surface area contributed by atoms with E-state index in [0.29, 0.717) is 0 Å². The molecule has 0 aromatic heterocycles. The zero-order chi connectivity index (χ0) is 14.1. The normalized spacial score (nSPS) is 26.4. The second kappa shape index (κ2) is 5.04. The molecule has 1 fully saturated rings. The van der Waals surface area contributed by atoms with Gasteiger partial charge in [-0.2, -0.15) is 13.2 Å². The molecule has 1 aliphatic rings. The van der Waals surface area contributed by atoms with Crippen molar-refractivity contribution in [2.24, 2.45) is 11.8 Å². The molecule has 1 saturated heterocycles. The third kappa shape index (κ3) is 3.84. The quantitative estimate of drug-likeness (QED) is 0.835.